The van der Waals surface area contributed by atoms with Crippen molar-refractivity contribution in [2.45, 2.75) is 25.0 Å². The summed E-state index contributed by atoms with van der Waals surface area (Å²) >= 11 is 1.35. The van der Waals surface area contributed by atoms with Gasteiger partial charge >= 0.3 is 0 Å². The van der Waals surface area contributed by atoms with E-state index in [0.717, 1.165) is 5.16 Å². The molecule has 0 fully saturated rings. The molecule has 16 heavy (non-hydrogen) atoms. The lowest BCUT2D eigenvalue weighted by molar-refractivity contribution is -0.118. The first kappa shape index (κ1) is 12.6. The van der Waals surface area contributed by atoms with E-state index in [2.05, 4.69) is 21.4 Å². The molecule has 1 rings (SSSR count). The zero-order chi connectivity index (χ0) is 12.0. The molecule has 0 radical (unpaired) electrons. The van der Waals surface area contributed by atoms with Gasteiger partial charge in [-0.3, -0.25) is 4.79 Å². The van der Waals surface area contributed by atoms with E-state index >= 15 is 0 Å². The van der Waals surface area contributed by atoms with Gasteiger partial charge in [0.15, 0.2) is 5.16 Å². The lowest BCUT2D eigenvalue weighted by Crippen LogP contribution is -2.25. The van der Waals surface area contributed by atoms with E-state index in [4.69, 9.17) is 6.42 Å². The predicted molar refractivity (Wildman–Crippen MR) is 63.0 cm³/mol. The molecule has 0 saturated carbocycles. The Hall–Kier alpha value is -1.48. The maximum absolute atomic E-state index is 11.3. The number of nitrogens with zero attached hydrogens (tertiary/aromatic N) is 3. The Morgan fingerprint density at radius 1 is 1.75 bits per heavy atom. The quantitative estimate of drug-likeness (QED) is 0.606. The summed E-state index contributed by atoms with van der Waals surface area (Å²) in [5.41, 5.74) is 0. The maximum Gasteiger partial charge on any atom is 0.231 e. The van der Waals surface area contributed by atoms with Gasteiger partial charge in [0.1, 0.15) is 6.33 Å². The van der Waals surface area contributed by atoms with E-state index in [1.165, 1.54) is 11.8 Å². The van der Waals surface area contributed by atoms with Gasteiger partial charge in [0.05, 0.1) is 12.3 Å². The largest absolute Gasteiger partial charge is 0.344 e. The molecule has 0 bridgehead atoms. The maximum atomic E-state index is 11.3. The number of thioether (sulfide) groups is 1. The van der Waals surface area contributed by atoms with Crippen LogP contribution in [0.5, 0.6) is 0 Å². The van der Waals surface area contributed by atoms with E-state index < -0.39 is 0 Å². The third-order valence-corrected chi connectivity index (χ3v) is 2.77. The number of hydrogen-bond acceptors (Lipinski definition) is 4. The van der Waals surface area contributed by atoms with Gasteiger partial charge in [-0.15, -0.1) is 16.6 Å². The molecule has 0 aromatic carbocycles. The lowest BCUT2D eigenvalue weighted by atomic mass is 10.4. The first-order chi connectivity index (χ1) is 7.65. The van der Waals surface area contributed by atoms with Crippen LogP contribution in [0.4, 0.5) is 0 Å². The van der Waals surface area contributed by atoms with Gasteiger partial charge in [0, 0.05) is 6.04 Å². The monoisotopic (exact) mass is 238 g/mol. The van der Waals surface area contributed by atoms with Crippen molar-refractivity contribution in [2.24, 2.45) is 0 Å². The van der Waals surface area contributed by atoms with Crippen LogP contribution in [0.1, 0.15) is 19.9 Å². The first-order valence-electron chi connectivity index (χ1n) is 4.87. The molecule has 0 aliphatic heterocycles. The highest BCUT2D eigenvalue weighted by molar-refractivity contribution is 7.99. The second-order valence-corrected chi connectivity index (χ2v) is 4.33. The number of carbonyl (C=O) groups is 1. The number of rotatable bonds is 5. The highest BCUT2D eigenvalue weighted by atomic mass is 32.2. The van der Waals surface area contributed by atoms with Gasteiger partial charge in [-0.25, -0.2) is 0 Å². The fourth-order valence-electron chi connectivity index (χ4n) is 1.02. The number of amides is 1. The number of hydrogen-bond donors (Lipinski definition) is 1. The van der Waals surface area contributed by atoms with Crippen molar-refractivity contribution in [3.8, 4) is 12.3 Å². The summed E-state index contributed by atoms with van der Waals surface area (Å²) in [6.45, 7) is 4.33. The van der Waals surface area contributed by atoms with Crippen molar-refractivity contribution in [1.29, 1.82) is 0 Å². The van der Waals surface area contributed by atoms with Crippen LogP contribution < -0.4 is 5.32 Å². The van der Waals surface area contributed by atoms with Crippen LogP contribution in [0.25, 0.3) is 0 Å². The average molecular weight is 238 g/mol. The van der Waals surface area contributed by atoms with Crippen molar-refractivity contribution in [3.63, 3.8) is 0 Å². The molecule has 1 N–H and O–H groups in total. The zero-order valence-electron chi connectivity index (χ0n) is 9.30. The number of terminal acetylenes is 1. The van der Waals surface area contributed by atoms with Crippen molar-refractivity contribution in [1.82, 2.24) is 20.1 Å². The van der Waals surface area contributed by atoms with Crippen molar-refractivity contribution >= 4 is 17.7 Å². The van der Waals surface area contributed by atoms with E-state index in [0.29, 0.717) is 5.75 Å². The Bertz CT molecular complexity index is 394. The molecule has 0 saturated heterocycles. The SMILES string of the molecule is C#CCNC(=O)CSc1nncn1C(C)C. The molecule has 5 nitrogen and oxygen atoms in total. The topological polar surface area (TPSA) is 59.8 Å². The molecule has 0 aliphatic carbocycles. The van der Waals surface area contributed by atoms with Crippen LogP contribution >= 0.6 is 11.8 Å². The Labute approximate surface area is 99.0 Å². The van der Waals surface area contributed by atoms with Crippen LogP contribution in [0.15, 0.2) is 11.5 Å². The molecular weight excluding hydrogens is 224 g/mol. The fourth-order valence-corrected chi connectivity index (χ4v) is 1.89. The molecule has 1 heterocycles. The van der Waals surface area contributed by atoms with Crippen LogP contribution in [0.2, 0.25) is 0 Å². The molecule has 1 aromatic heterocycles. The van der Waals surface area contributed by atoms with Crippen LogP contribution in [-0.2, 0) is 4.79 Å². The fraction of sp³-hybridized carbons (Fsp3) is 0.500. The first-order valence-corrected chi connectivity index (χ1v) is 5.86. The van der Waals surface area contributed by atoms with Gasteiger partial charge in [-0.2, -0.15) is 0 Å². The van der Waals surface area contributed by atoms with E-state index in [9.17, 15) is 4.79 Å². The minimum atomic E-state index is -0.0961. The van der Waals surface area contributed by atoms with Crippen LogP contribution in [-0.4, -0.2) is 33.0 Å². The summed E-state index contributed by atoms with van der Waals surface area (Å²) in [4.78, 5) is 11.3. The molecule has 0 aliphatic rings. The second-order valence-electron chi connectivity index (χ2n) is 3.38. The molecule has 1 amide bonds. The van der Waals surface area contributed by atoms with Gasteiger partial charge in [-0.1, -0.05) is 17.7 Å². The van der Waals surface area contributed by atoms with Crippen molar-refractivity contribution < 1.29 is 4.79 Å². The summed E-state index contributed by atoms with van der Waals surface area (Å²) in [6.07, 6.45) is 6.69. The third-order valence-electron chi connectivity index (χ3n) is 1.82. The molecule has 0 unspecified atom stereocenters. The predicted octanol–water partition coefficient (Wildman–Crippen LogP) is 0.700. The van der Waals surface area contributed by atoms with E-state index in [1.807, 2.05) is 18.4 Å². The summed E-state index contributed by atoms with van der Waals surface area (Å²) in [6, 6.07) is 0.284. The molecular formula is C10H14N4OS. The Morgan fingerprint density at radius 3 is 3.12 bits per heavy atom. The summed E-state index contributed by atoms with van der Waals surface area (Å²) in [5.74, 6) is 2.55. The number of carbonyl (C=O) groups excluding carboxylic acids is 1. The van der Waals surface area contributed by atoms with Crippen LogP contribution in [0, 0.1) is 12.3 Å². The van der Waals surface area contributed by atoms with Crippen LogP contribution in [0.3, 0.4) is 0 Å². The molecule has 0 atom stereocenters. The highest BCUT2D eigenvalue weighted by Gasteiger charge is 2.09. The summed E-state index contributed by atoms with van der Waals surface area (Å²) in [7, 11) is 0. The zero-order valence-corrected chi connectivity index (χ0v) is 10.1. The normalized spacial score (nSPS) is 10.1. The smallest absolute Gasteiger partial charge is 0.231 e. The minimum Gasteiger partial charge on any atom is -0.344 e. The van der Waals surface area contributed by atoms with Gasteiger partial charge in [0.25, 0.3) is 0 Å². The lowest BCUT2D eigenvalue weighted by Gasteiger charge is -2.08. The highest BCUT2D eigenvalue weighted by Crippen LogP contribution is 2.18. The Morgan fingerprint density at radius 2 is 2.50 bits per heavy atom. The standard InChI is InChI=1S/C10H14N4OS/c1-4-5-11-9(15)6-16-10-13-12-7-14(10)8(2)3/h1,7-8H,5-6H2,2-3H3,(H,11,15). The Kier molecular flexibility index (Phi) is 4.86. The molecule has 1 aromatic rings. The molecule has 6 heteroatoms. The minimum absolute atomic E-state index is 0.0961. The molecule has 0 spiro atoms. The number of aromatic nitrogens is 3. The average Bonchev–Trinajstić information content (AvgIpc) is 2.71. The second kappa shape index (κ2) is 6.18. The molecule has 86 valence electrons. The van der Waals surface area contributed by atoms with Gasteiger partial charge < -0.3 is 9.88 Å². The summed E-state index contributed by atoms with van der Waals surface area (Å²) in [5, 5.41) is 11.1. The van der Waals surface area contributed by atoms with Gasteiger partial charge in [0.2, 0.25) is 5.91 Å². The van der Waals surface area contributed by atoms with Crippen molar-refractivity contribution in [3.05, 3.63) is 6.33 Å². The number of nitrogens with one attached hydrogen (secondary N) is 1. The van der Waals surface area contributed by atoms with E-state index in [1.54, 1.807) is 6.33 Å². The third kappa shape index (κ3) is 3.59. The van der Waals surface area contributed by atoms with Crippen molar-refractivity contribution in [2.75, 3.05) is 12.3 Å². The Balaban J connectivity index is 2.46. The van der Waals surface area contributed by atoms with E-state index in [-0.39, 0.29) is 18.5 Å². The van der Waals surface area contributed by atoms with Gasteiger partial charge in [-0.05, 0) is 13.8 Å². The summed E-state index contributed by atoms with van der Waals surface area (Å²) < 4.78 is 1.92.